The Bertz CT molecular complexity index is 1190. The van der Waals surface area contributed by atoms with Gasteiger partial charge in [-0.2, -0.15) is 4.31 Å². The number of nitrogens with zero attached hydrogens (tertiary/aromatic N) is 3. The van der Waals surface area contributed by atoms with Crippen molar-refractivity contribution in [1.82, 2.24) is 19.2 Å². The summed E-state index contributed by atoms with van der Waals surface area (Å²) in [4.78, 5) is 17.2. The molecule has 0 aliphatic rings. The van der Waals surface area contributed by atoms with Crippen molar-refractivity contribution in [2.24, 2.45) is 0 Å². The Morgan fingerprint density at radius 2 is 1.78 bits per heavy atom. The fourth-order valence-corrected chi connectivity index (χ4v) is 5.30. The number of carbonyl (C=O) groups excluding carboxylic acids is 1. The van der Waals surface area contributed by atoms with Crippen molar-refractivity contribution in [3.63, 3.8) is 0 Å². The molecule has 1 aromatic heterocycles. The second-order valence-electron chi connectivity index (χ2n) is 7.42. The predicted molar refractivity (Wildman–Crippen MR) is 127 cm³/mol. The van der Waals surface area contributed by atoms with Crippen LogP contribution >= 0.6 is 11.6 Å². The van der Waals surface area contributed by atoms with Crippen molar-refractivity contribution < 1.29 is 13.2 Å². The number of carbonyl (C=O) groups is 1. The molecule has 0 spiro atoms. The summed E-state index contributed by atoms with van der Waals surface area (Å²) >= 11 is 5.89. The summed E-state index contributed by atoms with van der Waals surface area (Å²) in [6, 6.07) is 12.4. The lowest BCUT2D eigenvalue weighted by Gasteiger charge is -2.18. The molecule has 0 saturated heterocycles. The summed E-state index contributed by atoms with van der Waals surface area (Å²) in [5, 5.41) is 3.57. The maximum atomic E-state index is 12.9. The standard InChI is InChI=1S/C23H29ClN4O3S/c1-4-27(5-2)32(30,31)19-11-12-21-20(15-19)26-22(28(21)6-3)13-14-23(29)25-16-17-7-9-18(24)10-8-17/h7-12,15H,4-6,13-14,16H2,1-3H3,(H,25,29). The van der Waals surface area contributed by atoms with E-state index in [-0.39, 0.29) is 10.8 Å². The molecular weight excluding hydrogens is 448 g/mol. The lowest BCUT2D eigenvalue weighted by Crippen LogP contribution is -2.30. The molecule has 32 heavy (non-hydrogen) atoms. The predicted octanol–water partition coefficient (Wildman–Crippen LogP) is 3.99. The summed E-state index contributed by atoms with van der Waals surface area (Å²) in [5.41, 5.74) is 2.46. The number of imidazole rings is 1. The first-order valence-electron chi connectivity index (χ1n) is 10.8. The van der Waals surface area contributed by atoms with Crippen LogP contribution in [0.2, 0.25) is 5.02 Å². The number of aryl methyl sites for hydroxylation is 2. The van der Waals surface area contributed by atoms with Crippen LogP contribution in [-0.2, 0) is 34.3 Å². The monoisotopic (exact) mass is 476 g/mol. The van der Waals surface area contributed by atoms with Crippen LogP contribution < -0.4 is 5.32 Å². The van der Waals surface area contributed by atoms with Gasteiger partial charge in [0.1, 0.15) is 5.82 Å². The van der Waals surface area contributed by atoms with E-state index in [0.717, 1.165) is 16.9 Å². The molecule has 2 aromatic carbocycles. The molecule has 7 nitrogen and oxygen atoms in total. The largest absolute Gasteiger partial charge is 0.352 e. The van der Waals surface area contributed by atoms with Crippen molar-refractivity contribution in [3.8, 4) is 0 Å². The maximum Gasteiger partial charge on any atom is 0.243 e. The molecule has 0 unspecified atom stereocenters. The SMILES string of the molecule is CCN(CC)S(=O)(=O)c1ccc2c(c1)nc(CCC(=O)NCc1ccc(Cl)cc1)n2CC. The minimum atomic E-state index is -3.55. The lowest BCUT2D eigenvalue weighted by molar-refractivity contribution is -0.121. The average Bonchev–Trinajstić information content (AvgIpc) is 3.14. The topological polar surface area (TPSA) is 84.3 Å². The lowest BCUT2D eigenvalue weighted by atomic mass is 10.2. The summed E-state index contributed by atoms with van der Waals surface area (Å²) in [5.74, 6) is 0.695. The molecule has 0 aliphatic heterocycles. The van der Waals surface area contributed by atoms with Gasteiger partial charge in [-0.25, -0.2) is 13.4 Å². The van der Waals surface area contributed by atoms with Gasteiger partial charge in [-0.05, 0) is 42.8 Å². The third kappa shape index (κ3) is 5.31. The van der Waals surface area contributed by atoms with Gasteiger partial charge in [-0.3, -0.25) is 4.79 Å². The summed E-state index contributed by atoms with van der Waals surface area (Å²) in [7, 11) is -3.55. The van der Waals surface area contributed by atoms with Gasteiger partial charge in [-0.1, -0.05) is 37.6 Å². The zero-order chi connectivity index (χ0) is 23.3. The Morgan fingerprint density at radius 1 is 1.09 bits per heavy atom. The molecule has 1 amide bonds. The Morgan fingerprint density at radius 3 is 2.41 bits per heavy atom. The molecule has 0 radical (unpaired) electrons. The Kier molecular flexibility index (Phi) is 7.92. The minimum absolute atomic E-state index is 0.0699. The maximum absolute atomic E-state index is 12.9. The number of amides is 1. The fourth-order valence-electron chi connectivity index (χ4n) is 3.69. The number of nitrogens with one attached hydrogen (secondary N) is 1. The molecule has 3 aromatic rings. The van der Waals surface area contributed by atoms with Crippen LogP contribution in [-0.4, -0.2) is 41.3 Å². The van der Waals surface area contributed by atoms with E-state index in [0.29, 0.717) is 49.6 Å². The highest BCUT2D eigenvalue weighted by molar-refractivity contribution is 7.89. The van der Waals surface area contributed by atoms with Gasteiger partial charge in [0.2, 0.25) is 15.9 Å². The van der Waals surface area contributed by atoms with Gasteiger partial charge in [0.05, 0.1) is 15.9 Å². The van der Waals surface area contributed by atoms with Crippen molar-refractivity contribution in [2.75, 3.05) is 13.1 Å². The summed E-state index contributed by atoms with van der Waals surface area (Å²) in [6.07, 6.45) is 0.759. The number of hydrogen-bond acceptors (Lipinski definition) is 4. The third-order valence-corrected chi connectivity index (χ3v) is 7.73. The summed E-state index contributed by atoms with van der Waals surface area (Å²) < 4.78 is 29.2. The van der Waals surface area contributed by atoms with Crippen LogP contribution in [0.5, 0.6) is 0 Å². The number of hydrogen-bond donors (Lipinski definition) is 1. The highest BCUT2D eigenvalue weighted by atomic mass is 35.5. The Hall–Kier alpha value is -2.42. The van der Waals surface area contributed by atoms with E-state index in [1.807, 2.05) is 37.5 Å². The normalized spacial score (nSPS) is 11.9. The highest BCUT2D eigenvalue weighted by Gasteiger charge is 2.23. The van der Waals surface area contributed by atoms with Crippen molar-refractivity contribution in [3.05, 3.63) is 58.9 Å². The van der Waals surface area contributed by atoms with Crippen molar-refractivity contribution in [2.45, 2.75) is 51.6 Å². The van der Waals surface area contributed by atoms with E-state index in [9.17, 15) is 13.2 Å². The number of benzene rings is 2. The molecule has 0 atom stereocenters. The van der Waals surface area contributed by atoms with Crippen LogP contribution in [0, 0.1) is 0 Å². The van der Waals surface area contributed by atoms with Gasteiger partial charge in [0.15, 0.2) is 0 Å². The molecule has 1 heterocycles. The second-order valence-corrected chi connectivity index (χ2v) is 9.79. The first kappa shape index (κ1) is 24.2. The fraction of sp³-hybridized carbons (Fsp3) is 0.391. The van der Waals surface area contributed by atoms with Crippen molar-refractivity contribution >= 4 is 38.6 Å². The quantitative estimate of drug-likeness (QED) is 0.479. The van der Waals surface area contributed by atoms with E-state index in [1.54, 1.807) is 30.3 Å². The summed E-state index contributed by atoms with van der Waals surface area (Å²) in [6.45, 7) is 7.59. The van der Waals surface area contributed by atoms with Gasteiger partial charge >= 0.3 is 0 Å². The van der Waals surface area contributed by atoms with E-state index >= 15 is 0 Å². The number of aromatic nitrogens is 2. The van der Waals surface area contributed by atoms with Crippen LogP contribution in [0.3, 0.4) is 0 Å². The first-order chi connectivity index (χ1) is 15.3. The van der Waals surface area contributed by atoms with Gasteiger partial charge in [-0.15, -0.1) is 0 Å². The zero-order valence-corrected chi connectivity index (χ0v) is 20.2. The van der Waals surface area contributed by atoms with Gasteiger partial charge < -0.3 is 9.88 Å². The van der Waals surface area contributed by atoms with Crippen LogP contribution in [0.1, 0.15) is 38.6 Å². The third-order valence-electron chi connectivity index (χ3n) is 5.44. The smallest absolute Gasteiger partial charge is 0.243 e. The second kappa shape index (κ2) is 10.5. The molecule has 3 rings (SSSR count). The van der Waals surface area contributed by atoms with Crippen molar-refractivity contribution in [1.29, 1.82) is 0 Å². The number of sulfonamides is 1. The van der Waals surface area contributed by atoms with Gasteiger partial charge in [0.25, 0.3) is 0 Å². The highest BCUT2D eigenvalue weighted by Crippen LogP contribution is 2.23. The number of rotatable bonds is 10. The molecule has 0 saturated carbocycles. The van der Waals surface area contributed by atoms with Crippen LogP contribution in [0.25, 0.3) is 11.0 Å². The molecule has 1 N–H and O–H groups in total. The zero-order valence-electron chi connectivity index (χ0n) is 18.6. The first-order valence-corrected chi connectivity index (χ1v) is 12.6. The van der Waals surface area contributed by atoms with E-state index in [1.165, 1.54) is 4.31 Å². The Balaban J connectivity index is 1.73. The van der Waals surface area contributed by atoms with Crippen LogP contribution in [0.4, 0.5) is 0 Å². The average molecular weight is 477 g/mol. The molecule has 0 aliphatic carbocycles. The molecule has 0 bridgehead atoms. The molecular formula is C23H29ClN4O3S. The van der Waals surface area contributed by atoms with E-state index in [4.69, 9.17) is 11.6 Å². The van der Waals surface area contributed by atoms with E-state index in [2.05, 4.69) is 10.3 Å². The number of halogens is 1. The van der Waals surface area contributed by atoms with Crippen LogP contribution in [0.15, 0.2) is 47.4 Å². The van der Waals surface area contributed by atoms with E-state index < -0.39 is 10.0 Å². The molecule has 172 valence electrons. The Labute approximate surface area is 194 Å². The molecule has 9 heteroatoms. The minimum Gasteiger partial charge on any atom is -0.352 e. The molecule has 0 fully saturated rings. The number of fused-ring (bicyclic) bond motifs is 1. The van der Waals surface area contributed by atoms with Gasteiger partial charge in [0, 0.05) is 44.0 Å².